The molecule has 1 N–H and O–H groups in total. The van der Waals surface area contributed by atoms with E-state index in [1.54, 1.807) is 0 Å². The van der Waals surface area contributed by atoms with Crippen molar-refractivity contribution in [3.05, 3.63) is 63.3 Å². The summed E-state index contributed by atoms with van der Waals surface area (Å²) in [6.07, 6.45) is 2.43. The molecule has 36 heavy (non-hydrogen) atoms. The predicted octanol–water partition coefficient (Wildman–Crippen LogP) is 3.27. The quantitative estimate of drug-likeness (QED) is 0.546. The maximum absolute atomic E-state index is 13.6. The van der Waals surface area contributed by atoms with E-state index < -0.39 is 15.9 Å². The highest BCUT2D eigenvalue weighted by atomic mass is 32.2. The van der Waals surface area contributed by atoms with Gasteiger partial charge in [0.2, 0.25) is 10.0 Å². The molecule has 2 aromatic heterocycles. The second-order valence-electron chi connectivity index (χ2n) is 9.43. The summed E-state index contributed by atoms with van der Waals surface area (Å²) in [5.74, 6) is -0.653. The summed E-state index contributed by atoms with van der Waals surface area (Å²) in [6.45, 7) is 6.24. The highest BCUT2D eigenvalue weighted by Crippen LogP contribution is 2.38. The molecule has 0 radical (unpaired) electrons. The molecular weight excluding hydrogens is 498 g/mol. The number of anilines is 1. The number of fused-ring (bicyclic) bond motifs is 1. The lowest BCUT2D eigenvalue weighted by molar-refractivity contribution is 0.0942. The van der Waals surface area contributed by atoms with Crippen LogP contribution < -0.4 is 5.32 Å². The zero-order valence-electron chi connectivity index (χ0n) is 20.6. The molecule has 0 bridgehead atoms. The summed E-state index contributed by atoms with van der Waals surface area (Å²) in [6, 6.07) is 7.82. The third kappa shape index (κ3) is 4.52. The number of aryl methyl sites for hydroxylation is 2. The van der Waals surface area contributed by atoms with Crippen LogP contribution in [0.25, 0.3) is 0 Å². The fourth-order valence-corrected chi connectivity index (χ4v) is 7.65. The SMILES string of the molecule is Cc1cc(C)n(C(=O)c2c(NC(=O)c3ccc(S(=O)(=O)N4CCCC4)cc3)sc3c2CCN(C)C3)n1. The Labute approximate surface area is 214 Å². The Hall–Kier alpha value is -2.86. The van der Waals surface area contributed by atoms with Crippen molar-refractivity contribution >= 4 is 38.2 Å². The van der Waals surface area contributed by atoms with E-state index in [9.17, 15) is 18.0 Å². The first-order valence-corrected chi connectivity index (χ1v) is 14.2. The Kier molecular flexibility index (Phi) is 6.58. The van der Waals surface area contributed by atoms with Gasteiger partial charge in [0.25, 0.3) is 11.8 Å². The lowest BCUT2D eigenvalue weighted by Gasteiger charge is -2.22. The Morgan fingerprint density at radius 2 is 1.75 bits per heavy atom. The van der Waals surface area contributed by atoms with Gasteiger partial charge in [-0.25, -0.2) is 13.1 Å². The molecule has 2 aliphatic heterocycles. The van der Waals surface area contributed by atoms with Crippen LogP contribution in [0.5, 0.6) is 0 Å². The number of nitrogens with zero attached hydrogens (tertiary/aromatic N) is 4. The number of nitrogens with one attached hydrogen (secondary N) is 1. The van der Waals surface area contributed by atoms with Gasteiger partial charge in [0.15, 0.2) is 0 Å². The van der Waals surface area contributed by atoms with Crippen LogP contribution in [0.15, 0.2) is 35.2 Å². The van der Waals surface area contributed by atoms with Gasteiger partial charge in [-0.3, -0.25) is 9.59 Å². The number of aromatic nitrogens is 2. The molecule has 1 amide bonds. The van der Waals surface area contributed by atoms with Crippen LogP contribution in [0.1, 0.15) is 55.4 Å². The number of benzene rings is 1. The Balaban J connectivity index is 1.44. The first kappa shape index (κ1) is 24.8. The number of sulfonamides is 1. The summed E-state index contributed by atoms with van der Waals surface area (Å²) >= 11 is 1.41. The highest BCUT2D eigenvalue weighted by molar-refractivity contribution is 7.89. The zero-order chi connectivity index (χ0) is 25.6. The monoisotopic (exact) mass is 527 g/mol. The zero-order valence-corrected chi connectivity index (χ0v) is 22.2. The molecule has 4 heterocycles. The second-order valence-corrected chi connectivity index (χ2v) is 12.5. The summed E-state index contributed by atoms with van der Waals surface area (Å²) < 4.78 is 28.5. The van der Waals surface area contributed by atoms with Crippen molar-refractivity contribution < 1.29 is 18.0 Å². The molecule has 0 saturated carbocycles. The standard InChI is InChI=1S/C25H29N5O4S2/c1-16-14-17(2)30(27-16)25(32)22-20-10-13-28(3)15-21(20)35-24(22)26-23(31)18-6-8-19(9-7-18)36(33,34)29-11-4-5-12-29/h6-9,14H,4-5,10-13,15H2,1-3H3,(H,26,31). The topological polar surface area (TPSA) is 105 Å². The van der Waals surface area contributed by atoms with Crippen molar-refractivity contribution in [1.82, 2.24) is 19.0 Å². The van der Waals surface area contributed by atoms with E-state index in [4.69, 9.17) is 0 Å². The number of likely N-dealkylation sites (N-methyl/N-ethyl adjacent to an activating group) is 1. The number of carbonyl (C=O) groups excluding carboxylic acids is 2. The molecule has 1 fully saturated rings. The van der Waals surface area contributed by atoms with Gasteiger partial charge in [0.1, 0.15) is 5.00 Å². The Morgan fingerprint density at radius 3 is 2.39 bits per heavy atom. The van der Waals surface area contributed by atoms with Crippen molar-refractivity contribution in [2.24, 2.45) is 0 Å². The highest BCUT2D eigenvalue weighted by Gasteiger charge is 2.30. The predicted molar refractivity (Wildman–Crippen MR) is 138 cm³/mol. The summed E-state index contributed by atoms with van der Waals surface area (Å²) in [5.41, 5.74) is 3.24. The molecule has 1 saturated heterocycles. The van der Waals surface area contributed by atoms with Gasteiger partial charge in [0.05, 0.1) is 16.2 Å². The molecule has 0 atom stereocenters. The summed E-state index contributed by atoms with van der Waals surface area (Å²) in [4.78, 5) is 30.2. The molecule has 1 aromatic carbocycles. The number of rotatable bonds is 5. The van der Waals surface area contributed by atoms with Crippen LogP contribution in [0, 0.1) is 13.8 Å². The van der Waals surface area contributed by atoms with Gasteiger partial charge in [-0.1, -0.05) is 0 Å². The van der Waals surface area contributed by atoms with Crippen molar-refractivity contribution in [1.29, 1.82) is 0 Å². The number of carbonyl (C=O) groups is 2. The molecule has 0 aliphatic carbocycles. The van der Waals surface area contributed by atoms with Gasteiger partial charge in [-0.05, 0) is 76.1 Å². The fourth-order valence-electron chi connectivity index (χ4n) is 4.82. The lowest BCUT2D eigenvalue weighted by Crippen LogP contribution is -2.28. The molecule has 0 spiro atoms. The molecule has 0 unspecified atom stereocenters. The minimum Gasteiger partial charge on any atom is -0.313 e. The van der Waals surface area contributed by atoms with E-state index in [0.717, 1.165) is 41.2 Å². The van der Waals surface area contributed by atoms with E-state index in [0.29, 0.717) is 42.2 Å². The fraction of sp³-hybridized carbons (Fsp3) is 0.400. The third-order valence-electron chi connectivity index (χ3n) is 6.71. The Bertz CT molecular complexity index is 1430. The van der Waals surface area contributed by atoms with Crippen LogP contribution in [-0.2, 0) is 23.0 Å². The first-order chi connectivity index (χ1) is 17.1. The van der Waals surface area contributed by atoms with Crippen LogP contribution in [0.2, 0.25) is 0 Å². The van der Waals surface area contributed by atoms with Gasteiger partial charge < -0.3 is 10.2 Å². The van der Waals surface area contributed by atoms with Crippen LogP contribution >= 0.6 is 11.3 Å². The molecule has 9 nitrogen and oxygen atoms in total. The third-order valence-corrected chi connectivity index (χ3v) is 9.76. The van der Waals surface area contributed by atoms with Gasteiger partial charge in [0, 0.05) is 42.3 Å². The average Bonchev–Trinajstić information content (AvgIpc) is 3.57. The molecule has 11 heteroatoms. The maximum atomic E-state index is 13.6. The average molecular weight is 528 g/mol. The van der Waals surface area contributed by atoms with Crippen molar-refractivity contribution in [3.8, 4) is 0 Å². The maximum Gasteiger partial charge on any atom is 0.281 e. The van der Waals surface area contributed by atoms with E-state index in [1.165, 1.54) is 44.6 Å². The smallest absolute Gasteiger partial charge is 0.281 e. The number of thiophene rings is 1. The number of amides is 1. The van der Waals surface area contributed by atoms with Crippen molar-refractivity contribution in [2.75, 3.05) is 32.0 Å². The first-order valence-electron chi connectivity index (χ1n) is 12.0. The van der Waals surface area contributed by atoms with Crippen LogP contribution in [0.4, 0.5) is 5.00 Å². The van der Waals surface area contributed by atoms with Crippen LogP contribution in [-0.4, -0.2) is 65.9 Å². The van der Waals surface area contributed by atoms with Gasteiger partial charge >= 0.3 is 0 Å². The minimum atomic E-state index is -3.55. The number of hydrogen-bond donors (Lipinski definition) is 1. The lowest BCUT2D eigenvalue weighted by atomic mass is 10.0. The van der Waals surface area contributed by atoms with Crippen molar-refractivity contribution in [3.63, 3.8) is 0 Å². The van der Waals surface area contributed by atoms with E-state index in [1.807, 2.05) is 27.0 Å². The van der Waals surface area contributed by atoms with Crippen LogP contribution in [0.3, 0.4) is 0 Å². The van der Waals surface area contributed by atoms with Crippen molar-refractivity contribution in [2.45, 2.75) is 44.6 Å². The minimum absolute atomic E-state index is 0.177. The molecule has 2 aliphatic rings. The van der Waals surface area contributed by atoms with Gasteiger partial charge in [-0.2, -0.15) is 9.40 Å². The Morgan fingerprint density at radius 1 is 1.06 bits per heavy atom. The molecule has 3 aromatic rings. The van der Waals surface area contributed by atoms with E-state index >= 15 is 0 Å². The summed E-state index contributed by atoms with van der Waals surface area (Å²) in [7, 11) is -1.52. The second kappa shape index (κ2) is 9.55. The largest absolute Gasteiger partial charge is 0.313 e. The molecule has 190 valence electrons. The van der Waals surface area contributed by atoms with Gasteiger partial charge in [-0.15, -0.1) is 11.3 Å². The summed E-state index contributed by atoms with van der Waals surface area (Å²) in [5, 5.41) is 7.78. The number of hydrogen-bond acceptors (Lipinski definition) is 7. The molecular formula is C25H29N5O4S2. The normalized spacial score (nSPS) is 16.8. The molecule has 5 rings (SSSR count). The van der Waals surface area contributed by atoms with E-state index in [-0.39, 0.29) is 10.8 Å². The van der Waals surface area contributed by atoms with E-state index in [2.05, 4.69) is 15.3 Å².